The maximum atomic E-state index is 12.6. The van der Waals surface area contributed by atoms with Crippen LogP contribution in [0.15, 0.2) is 18.2 Å². The quantitative estimate of drug-likeness (QED) is 0.922. The molecule has 2 aliphatic rings. The number of carbonyl (C=O) groups is 2. The molecule has 1 aromatic rings. The van der Waals surface area contributed by atoms with Crippen molar-refractivity contribution in [1.29, 1.82) is 0 Å². The topological polar surface area (TPSA) is 49.4 Å². The van der Waals surface area contributed by atoms with E-state index in [-0.39, 0.29) is 17.9 Å². The number of anilines is 1. The summed E-state index contributed by atoms with van der Waals surface area (Å²) < 4.78 is 0. The lowest BCUT2D eigenvalue weighted by Crippen LogP contribution is -2.38. The minimum Gasteiger partial charge on any atom is -0.348 e. The van der Waals surface area contributed by atoms with Crippen LogP contribution < -0.4 is 10.2 Å². The summed E-state index contributed by atoms with van der Waals surface area (Å²) in [4.78, 5) is 25.9. The lowest BCUT2D eigenvalue weighted by atomic mass is 10.1. The van der Waals surface area contributed by atoms with E-state index >= 15 is 0 Å². The van der Waals surface area contributed by atoms with Crippen molar-refractivity contribution in [1.82, 2.24) is 5.32 Å². The van der Waals surface area contributed by atoms with E-state index in [9.17, 15) is 9.59 Å². The second-order valence-electron chi connectivity index (χ2n) is 6.27. The largest absolute Gasteiger partial charge is 0.348 e. The van der Waals surface area contributed by atoms with E-state index in [1.807, 2.05) is 30.0 Å². The van der Waals surface area contributed by atoms with Crippen LogP contribution in [0, 0.1) is 0 Å². The van der Waals surface area contributed by atoms with Crippen molar-refractivity contribution < 1.29 is 9.59 Å². The average molecular weight is 332 g/mol. The van der Waals surface area contributed by atoms with E-state index in [4.69, 9.17) is 0 Å². The number of nitrogens with zero attached hydrogens (tertiary/aromatic N) is 1. The Labute approximate surface area is 142 Å². The van der Waals surface area contributed by atoms with Gasteiger partial charge in [-0.1, -0.05) is 13.3 Å². The zero-order valence-electron chi connectivity index (χ0n) is 13.8. The van der Waals surface area contributed by atoms with Crippen LogP contribution in [0.5, 0.6) is 0 Å². The fourth-order valence-corrected chi connectivity index (χ4v) is 4.82. The van der Waals surface area contributed by atoms with Crippen LogP contribution in [0.4, 0.5) is 5.69 Å². The second kappa shape index (κ2) is 6.95. The molecule has 1 heterocycles. The van der Waals surface area contributed by atoms with Crippen molar-refractivity contribution in [3.05, 3.63) is 29.3 Å². The molecule has 124 valence electrons. The normalized spacial score (nSPS) is 23.0. The summed E-state index contributed by atoms with van der Waals surface area (Å²) in [5.74, 6) is 1.17. The number of nitrogens with one attached hydrogen (secondary N) is 1. The molecule has 1 aromatic carbocycles. The van der Waals surface area contributed by atoms with Crippen LogP contribution >= 0.6 is 11.8 Å². The van der Waals surface area contributed by atoms with Gasteiger partial charge in [0, 0.05) is 36.0 Å². The summed E-state index contributed by atoms with van der Waals surface area (Å²) >= 11 is 1.95. The van der Waals surface area contributed by atoms with Crippen molar-refractivity contribution >= 4 is 29.3 Å². The number of hydrogen-bond acceptors (Lipinski definition) is 3. The summed E-state index contributed by atoms with van der Waals surface area (Å²) in [7, 11) is 0. The maximum absolute atomic E-state index is 12.6. The van der Waals surface area contributed by atoms with Crippen LogP contribution in [0.25, 0.3) is 0 Å². The van der Waals surface area contributed by atoms with Crippen molar-refractivity contribution in [2.24, 2.45) is 0 Å². The fraction of sp³-hybridized carbons (Fsp3) is 0.556. The van der Waals surface area contributed by atoms with Gasteiger partial charge in [0.2, 0.25) is 5.91 Å². The second-order valence-corrected chi connectivity index (χ2v) is 7.78. The third kappa shape index (κ3) is 3.39. The van der Waals surface area contributed by atoms with E-state index < -0.39 is 0 Å². The highest BCUT2D eigenvalue weighted by Crippen LogP contribution is 2.31. The van der Waals surface area contributed by atoms with Gasteiger partial charge in [0.05, 0.1) is 0 Å². The molecule has 2 atom stereocenters. The van der Waals surface area contributed by atoms with E-state index in [1.165, 1.54) is 12.8 Å². The highest BCUT2D eigenvalue weighted by Gasteiger charge is 2.29. The van der Waals surface area contributed by atoms with Crippen molar-refractivity contribution in [2.45, 2.75) is 50.8 Å². The molecule has 1 saturated carbocycles. The van der Waals surface area contributed by atoms with Gasteiger partial charge in [-0.25, -0.2) is 0 Å². The Hall–Kier alpha value is -1.49. The first-order valence-corrected chi connectivity index (χ1v) is 9.48. The maximum Gasteiger partial charge on any atom is 0.251 e. The standard InChI is InChI=1S/C18H24N2O2S/c1-3-23-17-6-4-5-15(17)19-18(22)14-7-8-16-13(11-14)9-10-20(16)12(2)21/h7-8,11,15,17H,3-6,9-10H2,1-2H3,(H,19,22)/t15-,17-/m1/s1. The van der Waals surface area contributed by atoms with Crippen LogP contribution in [0.3, 0.4) is 0 Å². The summed E-state index contributed by atoms with van der Waals surface area (Å²) in [5.41, 5.74) is 2.76. The molecule has 1 aliphatic carbocycles. The molecule has 0 radical (unpaired) electrons. The van der Waals surface area contributed by atoms with Gasteiger partial charge in [0.25, 0.3) is 5.91 Å². The minimum atomic E-state index is 0.0164. The summed E-state index contributed by atoms with van der Waals surface area (Å²) in [5, 5.41) is 3.76. The number of thioether (sulfide) groups is 1. The average Bonchev–Trinajstić information content (AvgIpc) is 3.14. The van der Waals surface area contributed by atoms with E-state index in [0.29, 0.717) is 17.4 Å². The molecule has 0 unspecified atom stereocenters. The van der Waals surface area contributed by atoms with Gasteiger partial charge in [-0.15, -0.1) is 0 Å². The summed E-state index contributed by atoms with van der Waals surface area (Å²) in [6, 6.07) is 5.98. The predicted molar refractivity (Wildman–Crippen MR) is 95.2 cm³/mol. The number of hydrogen-bond donors (Lipinski definition) is 1. The van der Waals surface area contributed by atoms with Gasteiger partial charge in [-0.3, -0.25) is 9.59 Å². The van der Waals surface area contributed by atoms with E-state index in [2.05, 4.69) is 12.2 Å². The summed E-state index contributed by atoms with van der Waals surface area (Å²) in [6.07, 6.45) is 4.29. The number of benzene rings is 1. The molecule has 5 heteroatoms. The molecule has 1 N–H and O–H groups in total. The molecular formula is C18H24N2O2S. The molecule has 1 fully saturated rings. The van der Waals surface area contributed by atoms with Crippen molar-refractivity contribution in [3.63, 3.8) is 0 Å². The Balaban J connectivity index is 1.70. The Bertz CT molecular complexity index is 617. The monoisotopic (exact) mass is 332 g/mol. The number of amides is 2. The number of fused-ring (bicyclic) bond motifs is 1. The molecule has 0 spiro atoms. The van der Waals surface area contributed by atoms with Gasteiger partial charge < -0.3 is 10.2 Å². The lowest BCUT2D eigenvalue weighted by Gasteiger charge is -2.20. The van der Waals surface area contributed by atoms with Crippen LogP contribution in [-0.4, -0.2) is 35.4 Å². The SMILES string of the molecule is CCS[C@@H]1CCC[C@H]1NC(=O)c1ccc2c(c1)CCN2C(C)=O. The van der Waals surface area contributed by atoms with Crippen molar-refractivity contribution in [3.8, 4) is 0 Å². The highest BCUT2D eigenvalue weighted by molar-refractivity contribution is 7.99. The van der Waals surface area contributed by atoms with Crippen LogP contribution in [-0.2, 0) is 11.2 Å². The first-order chi connectivity index (χ1) is 11.1. The van der Waals surface area contributed by atoms with Crippen LogP contribution in [0.1, 0.15) is 49.0 Å². The van der Waals surface area contributed by atoms with E-state index in [0.717, 1.165) is 29.8 Å². The zero-order chi connectivity index (χ0) is 16.4. The third-order valence-corrected chi connectivity index (χ3v) is 6.09. The first kappa shape index (κ1) is 16.4. The van der Waals surface area contributed by atoms with E-state index in [1.54, 1.807) is 11.8 Å². The predicted octanol–water partition coefficient (Wildman–Crippen LogP) is 3.00. The van der Waals surface area contributed by atoms with Gasteiger partial charge in [0.1, 0.15) is 0 Å². The molecular weight excluding hydrogens is 308 g/mol. The van der Waals surface area contributed by atoms with Gasteiger partial charge in [-0.2, -0.15) is 11.8 Å². The Morgan fingerprint density at radius 1 is 1.35 bits per heavy atom. The molecule has 1 aliphatic heterocycles. The molecule has 0 aromatic heterocycles. The molecule has 3 rings (SSSR count). The molecule has 0 saturated heterocycles. The molecule has 2 amide bonds. The smallest absolute Gasteiger partial charge is 0.251 e. The Morgan fingerprint density at radius 2 is 2.17 bits per heavy atom. The number of rotatable bonds is 4. The van der Waals surface area contributed by atoms with Crippen molar-refractivity contribution in [2.75, 3.05) is 17.2 Å². The molecule has 23 heavy (non-hydrogen) atoms. The molecule has 0 bridgehead atoms. The number of carbonyl (C=O) groups excluding carboxylic acids is 2. The first-order valence-electron chi connectivity index (χ1n) is 8.43. The third-order valence-electron chi connectivity index (χ3n) is 4.77. The van der Waals surface area contributed by atoms with Gasteiger partial charge >= 0.3 is 0 Å². The Kier molecular flexibility index (Phi) is 4.95. The minimum absolute atomic E-state index is 0.0164. The zero-order valence-corrected chi connectivity index (χ0v) is 14.6. The fourth-order valence-electron chi connectivity index (χ4n) is 3.63. The van der Waals surface area contributed by atoms with Crippen LogP contribution in [0.2, 0.25) is 0 Å². The summed E-state index contributed by atoms with van der Waals surface area (Å²) in [6.45, 7) is 4.47. The lowest BCUT2D eigenvalue weighted by molar-refractivity contribution is -0.116. The Morgan fingerprint density at radius 3 is 2.91 bits per heavy atom. The molecule has 4 nitrogen and oxygen atoms in total. The highest BCUT2D eigenvalue weighted by atomic mass is 32.2. The van der Waals surface area contributed by atoms with Gasteiger partial charge in [0.15, 0.2) is 0 Å². The van der Waals surface area contributed by atoms with Gasteiger partial charge in [-0.05, 0) is 48.8 Å².